The Hall–Kier alpha value is -2.50. The van der Waals surface area contributed by atoms with E-state index in [0.717, 1.165) is 43.0 Å². The fraction of sp³-hybridized carbons (Fsp3) is 0.364. The van der Waals surface area contributed by atoms with Gasteiger partial charge >= 0.3 is 0 Å². The van der Waals surface area contributed by atoms with Gasteiger partial charge in [-0.15, -0.1) is 0 Å². The number of nitrogens with zero attached hydrogens (tertiary/aromatic N) is 3. The summed E-state index contributed by atoms with van der Waals surface area (Å²) in [5.74, 6) is 0.800. The van der Waals surface area contributed by atoms with Crippen molar-refractivity contribution in [2.24, 2.45) is 0 Å². The molecule has 1 aliphatic rings. The molecular formula is C22H26N4O. The van der Waals surface area contributed by atoms with Gasteiger partial charge in [-0.2, -0.15) is 0 Å². The van der Waals surface area contributed by atoms with Crippen LogP contribution in [0.5, 0.6) is 0 Å². The van der Waals surface area contributed by atoms with Crippen LogP contribution in [0.1, 0.15) is 25.0 Å². The standard InChI is InChI=1S/C22H26N4O/c1-16-13-26(14-17(2)27-16)15-19-9-7-18(8-10-19)11-24-22-12-23-20-5-3-4-6-21(20)25-22/h3-10,12,16-17H,11,13-15H2,1-2H3,(H,24,25). The molecule has 0 radical (unpaired) electrons. The Balaban J connectivity index is 1.34. The quantitative estimate of drug-likeness (QED) is 0.747. The van der Waals surface area contributed by atoms with Gasteiger partial charge in [0, 0.05) is 26.2 Å². The predicted molar refractivity (Wildman–Crippen MR) is 109 cm³/mol. The molecule has 1 aliphatic heterocycles. The normalized spacial score (nSPS) is 20.7. The molecule has 140 valence electrons. The van der Waals surface area contributed by atoms with Crippen molar-refractivity contribution in [3.05, 3.63) is 65.9 Å². The average molecular weight is 362 g/mol. The largest absolute Gasteiger partial charge is 0.373 e. The maximum atomic E-state index is 5.81. The third-order valence-electron chi connectivity index (χ3n) is 4.85. The van der Waals surface area contributed by atoms with Gasteiger partial charge in [0.05, 0.1) is 29.4 Å². The van der Waals surface area contributed by atoms with Gasteiger partial charge in [0.15, 0.2) is 0 Å². The SMILES string of the molecule is CC1CN(Cc2ccc(CNc3cnc4ccccc4n3)cc2)CC(C)O1. The minimum atomic E-state index is 0.306. The van der Waals surface area contributed by atoms with E-state index in [1.165, 1.54) is 11.1 Å². The van der Waals surface area contributed by atoms with E-state index in [2.05, 4.69) is 58.3 Å². The Morgan fingerprint density at radius 2 is 1.63 bits per heavy atom. The van der Waals surface area contributed by atoms with E-state index >= 15 is 0 Å². The van der Waals surface area contributed by atoms with Crippen molar-refractivity contribution in [3.8, 4) is 0 Å². The Kier molecular flexibility index (Phi) is 5.32. The molecule has 3 aromatic rings. The molecule has 0 bridgehead atoms. The molecule has 0 amide bonds. The summed E-state index contributed by atoms with van der Waals surface area (Å²) < 4.78 is 5.81. The molecular weight excluding hydrogens is 336 g/mol. The van der Waals surface area contributed by atoms with E-state index in [9.17, 15) is 0 Å². The third-order valence-corrected chi connectivity index (χ3v) is 4.85. The van der Waals surface area contributed by atoms with Crippen LogP contribution in [0.4, 0.5) is 5.82 Å². The molecule has 2 unspecified atom stereocenters. The summed E-state index contributed by atoms with van der Waals surface area (Å²) in [6, 6.07) is 16.7. The van der Waals surface area contributed by atoms with Gasteiger partial charge in [0.2, 0.25) is 0 Å². The molecule has 1 N–H and O–H groups in total. The van der Waals surface area contributed by atoms with Crippen molar-refractivity contribution in [1.29, 1.82) is 0 Å². The fourth-order valence-corrected chi connectivity index (χ4v) is 3.67. The van der Waals surface area contributed by atoms with Crippen LogP contribution in [0.2, 0.25) is 0 Å². The molecule has 27 heavy (non-hydrogen) atoms. The van der Waals surface area contributed by atoms with Crippen molar-refractivity contribution in [1.82, 2.24) is 14.9 Å². The maximum absolute atomic E-state index is 5.81. The van der Waals surface area contributed by atoms with E-state index in [4.69, 9.17) is 4.74 Å². The highest BCUT2D eigenvalue weighted by Gasteiger charge is 2.21. The lowest BCUT2D eigenvalue weighted by Crippen LogP contribution is -2.44. The Bertz CT molecular complexity index is 886. The van der Waals surface area contributed by atoms with E-state index < -0.39 is 0 Å². The van der Waals surface area contributed by atoms with Crippen LogP contribution < -0.4 is 5.32 Å². The average Bonchev–Trinajstić information content (AvgIpc) is 2.66. The number of benzene rings is 2. The van der Waals surface area contributed by atoms with Crippen LogP contribution in [-0.4, -0.2) is 40.2 Å². The number of ether oxygens (including phenoxy) is 1. The molecule has 2 aromatic carbocycles. The summed E-state index contributed by atoms with van der Waals surface area (Å²) in [4.78, 5) is 11.5. The smallest absolute Gasteiger partial charge is 0.145 e. The van der Waals surface area contributed by atoms with Gasteiger partial charge in [-0.3, -0.25) is 9.88 Å². The number of hydrogen-bond acceptors (Lipinski definition) is 5. The summed E-state index contributed by atoms with van der Waals surface area (Å²) in [7, 11) is 0. The molecule has 1 aromatic heterocycles. The van der Waals surface area contributed by atoms with Crippen molar-refractivity contribution in [3.63, 3.8) is 0 Å². The fourth-order valence-electron chi connectivity index (χ4n) is 3.67. The second kappa shape index (κ2) is 8.03. The van der Waals surface area contributed by atoms with Crippen molar-refractivity contribution < 1.29 is 4.74 Å². The molecule has 2 heterocycles. The monoisotopic (exact) mass is 362 g/mol. The van der Waals surface area contributed by atoms with E-state index in [1.54, 1.807) is 6.20 Å². The summed E-state index contributed by atoms with van der Waals surface area (Å²) in [6.45, 7) is 7.99. The topological polar surface area (TPSA) is 50.3 Å². The highest BCUT2D eigenvalue weighted by atomic mass is 16.5. The van der Waals surface area contributed by atoms with Crippen LogP contribution in [0, 0.1) is 0 Å². The predicted octanol–water partition coefficient (Wildman–Crippen LogP) is 3.85. The van der Waals surface area contributed by atoms with Gasteiger partial charge in [0.1, 0.15) is 5.82 Å². The summed E-state index contributed by atoms with van der Waals surface area (Å²) >= 11 is 0. The minimum Gasteiger partial charge on any atom is -0.373 e. The summed E-state index contributed by atoms with van der Waals surface area (Å²) in [6.07, 6.45) is 2.40. The van der Waals surface area contributed by atoms with Gasteiger partial charge < -0.3 is 10.1 Å². The van der Waals surface area contributed by atoms with Crippen LogP contribution in [0.25, 0.3) is 11.0 Å². The lowest BCUT2D eigenvalue weighted by Gasteiger charge is -2.35. The van der Waals surface area contributed by atoms with E-state index in [0.29, 0.717) is 12.2 Å². The van der Waals surface area contributed by atoms with Gasteiger partial charge in [-0.1, -0.05) is 36.4 Å². The second-order valence-corrected chi connectivity index (χ2v) is 7.37. The maximum Gasteiger partial charge on any atom is 0.145 e. The van der Waals surface area contributed by atoms with Crippen LogP contribution in [-0.2, 0) is 17.8 Å². The molecule has 5 nitrogen and oxygen atoms in total. The molecule has 0 saturated carbocycles. The molecule has 0 spiro atoms. The molecule has 2 atom stereocenters. The lowest BCUT2D eigenvalue weighted by atomic mass is 10.1. The molecule has 1 saturated heterocycles. The number of fused-ring (bicyclic) bond motifs is 1. The second-order valence-electron chi connectivity index (χ2n) is 7.37. The van der Waals surface area contributed by atoms with Crippen molar-refractivity contribution >= 4 is 16.9 Å². The van der Waals surface area contributed by atoms with Crippen LogP contribution >= 0.6 is 0 Å². The summed E-state index contributed by atoms with van der Waals surface area (Å²) in [5, 5.41) is 3.36. The molecule has 5 heteroatoms. The Morgan fingerprint density at radius 3 is 2.37 bits per heavy atom. The Labute approximate surface area is 160 Å². The minimum absolute atomic E-state index is 0.306. The van der Waals surface area contributed by atoms with Crippen LogP contribution in [0.3, 0.4) is 0 Å². The van der Waals surface area contributed by atoms with Crippen molar-refractivity contribution in [2.75, 3.05) is 18.4 Å². The van der Waals surface area contributed by atoms with E-state index in [-0.39, 0.29) is 0 Å². The molecule has 0 aliphatic carbocycles. The third kappa shape index (κ3) is 4.62. The first-order valence-electron chi connectivity index (χ1n) is 9.57. The first-order chi connectivity index (χ1) is 13.2. The van der Waals surface area contributed by atoms with E-state index in [1.807, 2.05) is 24.3 Å². The number of rotatable bonds is 5. The number of nitrogens with one attached hydrogen (secondary N) is 1. The first kappa shape index (κ1) is 17.9. The highest BCUT2D eigenvalue weighted by Crippen LogP contribution is 2.16. The molecule has 1 fully saturated rings. The van der Waals surface area contributed by atoms with Crippen LogP contribution in [0.15, 0.2) is 54.7 Å². The lowest BCUT2D eigenvalue weighted by molar-refractivity contribution is -0.0704. The zero-order chi connectivity index (χ0) is 18.6. The number of anilines is 1. The number of morpholine rings is 1. The molecule has 4 rings (SSSR count). The van der Waals surface area contributed by atoms with Gasteiger partial charge in [-0.25, -0.2) is 4.98 Å². The van der Waals surface area contributed by atoms with Crippen molar-refractivity contribution in [2.45, 2.75) is 39.1 Å². The first-order valence-corrected chi connectivity index (χ1v) is 9.57. The summed E-state index contributed by atoms with van der Waals surface area (Å²) in [5.41, 5.74) is 4.40. The Morgan fingerprint density at radius 1 is 0.963 bits per heavy atom. The zero-order valence-corrected chi connectivity index (χ0v) is 15.9. The van der Waals surface area contributed by atoms with Gasteiger partial charge in [-0.05, 0) is 37.1 Å². The number of hydrogen-bond donors (Lipinski definition) is 1. The van der Waals surface area contributed by atoms with Gasteiger partial charge in [0.25, 0.3) is 0 Å². The number of aromatic nitrogens is 2. The number of para-hydroxylation sites is 2. The zero-order valence-electron chi connectivity index (χ0n) is 15.9. The highest BCUT2D eigenvalue weighted by molar-refractivity contribution is 5.75.